The van der Waals surface area contributed by atoms with Crippen LogP contribution in [0, 0.1) is 5.92 Å². The lowest BCUT2D eigenvalue weighted by atomic mass is 9.95. The van der Waals surface area contributed by atoms with E-state index in [9.17, 15) is 8.42 Å². The van der Waals surface area contributed by atoms with Gasteiger partial charge in [-0.2, -0.15) is 0 Å². The van der Waals surface area contributed by atoms with Crippen LogP contribution >= 0.6 is 0 Å². The zero-order chi connectivity index (χ0) is 11.5. The Hall–Kier alpha value is -0.130. The van der Waals surface area contributed by atoms with Crippen molar-refractivity contribution in [2.75, 3.05) is 19.6 Å². The van der Waals surface area contributed by atoms with Crippen LogP contribution in [-0.4, -0.2) is 38.2 Å². The molecule has 5 heteroatoms. The Balaban J connectivity index is 2.56. The molecule has 0 aromatic rings. The van der Waals surface area contributed by atoms with Crippen molar-refractivity contribution in [1.82, 2.24) is 4.90 Å². The quantitative estimate of drug-likeness (QED) is 0.782. The fourth-order valence-electron chi connectivity index (χ4n) is 2.26. The number of hydrogen-bond acceptors (Lipinski definition) is 3. The third kappa shape index (κ3) is 3.74. The minimum atomic E-state index is -3.37. The molecule has 0 aliphatic carbocycles. The van der Waals surface area contributed by atoms with Crippen LogP contribution in [0.3, 0.4) is 0 Å². The molecule has 15 heavy (non-hydrogen) atoms. The van der Waals surface area contributed by atoms with Crippen LogP contribution in [-0.2, 0) is 10.0 Å². The molecule has 0 saturated carbocycles. The molecular weight excluding hydrogens is 212 g/mol. The normalized spacial score (nSPS) is 26.5. The summed E-state index contributed by atoms with van der Waals surface area (Å²) in [6, 6.07) is 0. The Morgan fingerprint density at radius 3 is 2.73 bits per heavy atom. The van der Waals surface area contributed by atoms with Crippen molar-refractivity contribution in [1.29, 1.82) is 0 Å². The van der Waals surface area contributed by atoms with Gasteiger partial charge < -0.3 is 4.90 Å². The molecule has 1 rings (SSSR count). The number of nitrogens with zero attached hydrogens (tertiary/aromatic N) is 1. The van der Waals surface area contributed by atoms with Crippen molar-refractivity contribution in [3.8, 4) is 0 Å². The van der Waals surface area contributed by atoms with Gasteiger partial charge in [0, 0.05) is 6.54 Å². The Labute approximate surface area is 92.9 Å². The first-order valence-corrected chi connectivity index (χ1v) is 7.30. The Bertz CT molecular complexity index is 288. The molecule has 2 atom stereocenters. The van der Waals surface area contributed by atoms with Gasteiger partial charge in [0.1, 0.15) is 0 Å². The molecule has 90 valence electrons. The predicted molar refractivity (Wildman–Crippen MR) is 62.0 cm³/mol. The molecule has 1 heterocycles. The molecule has 4 nitrogen and oxygen atoms in total. The highest BCUT2D eigenvalue weighted by Gasteiger charge is 2.30. The molecule has 0 radical (unpaired) electrons. The van der Waals surface area contributed by atoms with E-state index in [1.54, 1.807) is 6.92 Å². The second kappa shape index (κ2) is 5.27. The van der Waals surface area contributed by atoms with Crippen molar-refractivity contribution >= 4 is 10.0 Å². The van der Waals surface area contributed by atoms with Gasteiger partial charge in [-0.25, -0.2) is 13.6 Å². The molecular formula is C10H22N2O2S. The highest BCUT2D eigenvalue weighted by molar-refractivity contribution is 7.89. The summed E-state index contributed by atoms with van der Waals surface area (Å²) in [5.41, 5.74) is 0. The minimum Gasteiger partial charge on any atom is -0.303 e. The second-order valence-corrected chi connectivity index (χ2v) is 6.42. The highest BCUT2D eigenvalue weighted by Crippen LogP contribution is 2.22. The van der Waals surface area contributed by atoms with Crippen molar-refractivity contribution in [3.05, 3.63) is 0 Å². The molecule has 0 amide bonds. The lowest BCUT2D eigenvalue weighted by Gasteiger charge is -2.34. The molecule has 1 aliphatic heterocycles. The monoisotopic (exact) mass is 234 g/mol. The fourth-order valence-corrected chi connectivity index (χ4v) is 3.02. The zero-order valence-electron chi connectivity index (χ0n) is 9.65. The Morgan fingerprint density at radius 2 is 2.20 bits per heavy atom. The topological polar surface area (TPSA) is 63.4 Å². The summed E-state index contributed by atoms with van der Waals surface area (Å²) >= 11 is 0. The number of hydrogen-bond donors (Lipinski definition) is 1. The molecule has 1 aliphatic rings. The van der Waals surface area contributed by atoms with E-state index in [0.717, 1.165) is 38.9 Å². The van der Waals surface area contributed by atoms with Crippen LogP contribution in [0.4, 0.5) is 0 Å². The Kier molecular flexibility index (Phi) is 4.55. The average molecular weight is 234 g/mol. The molecule has 2 unspecified atom stereocenters. The summed E-state index contributed by atoms with van der Waals surface area (Å²) in [5.74, 6) is 0.209. The third-order valence-corrected chi connectivity index (χ3v) is 4.69. The first kappa shape index (κ1) is 12.9. The van der Waals surface area contributed by atoms with Gasteiger partial charge in [0.2, 0.25) is 10.0 Å². The molecule has 2 N–H and O–H groups in total. The largest absolute Gasteiger partial charge is 0.303 e. The average Bonchev–Trinajstić information content (AvgIpc) is 2.16. The van der Waals surface area contributed by atoms with Gasteiger partial charge in [-0.05, 0) is 45.2 Å². The summed E-state index contributed by atoms with van der Waals surface area (Å²) < 4.78 is 22.5. The number of rotatable bonds is 4. The van der Waals surface area contributed by atoms with Crippen molar-refractivity contribution < 1.29 is 8.42 Å². The summed E-state index contributed by atoms with van der Waals surface area (Å²) in [5, 5.41) is 4.78. The van der Waals surface area contributed by atoms with E-state index in [2.05, 4.69) is 11.8 Å². The van der Waals surface area contributed by atoms with E-state index in [1.807, 2.05) is 0 Å². The maximum absolute atomic E-state index is 11.3. The molecule has 0 bridgehead atoms. The van der Waals surface area contributed by atoms with E-state index in [-0.39, 0.29) is 5.92 Å². The molecule has 0 aromatic heterocycles. The lowest BCUT2D eigenvalue weighted by molar-refractivity contribution is 0.173. The van der Waals surface area contributed by atoms with Gasteiger partial charge in [-0.3, -0.25) is 0 Å². The summed E-state index contributed by atoms with van der Waals surface area (Å²) in [4.78, 5) is 2.34. The fraction of sp³-hybridized carbons (Fsp3) is 1.00. The van der Waals surface area contributed by atoms with Gasteiger partial charge in [0.05, 0.1) is 5.25 Å². The summed E-state index contributed by atoms with van der Waals surface area (Å²) in [6.07, 6.45) is 3.19. The van der Waals surface area contributed by atoms with Gasteiger partial charge >= 0.3 is 0 Å². The lowest BCUT2D eigenvalue weighted by Crippen LogP contribution is -2.43. The first-order chi connectivity index (χ1) is 6.95. The van der Waals surface area contributed by atoms with Crippen LogP contribution in [0.1, 0.15) is 33.1 Å². The number of piperidine rings is 1. The Morgan fingerprint density at radius 1 is 1.53 bits per heavy atom. The van der Waals surface area contributed by atoms with Gasteiger partial charge in [-0.15, -0.1) is 0 Å². The summed E-state index contributed by atoms with van der Waals surface area (Å²) in [7, 11) is -3.37. The van der Waals surface area contributed by atoms with Gasteiger partial charge in [-0.1, -0.05) is 6.92 Å². The molecule has 0 aromatic carbocycles. The van der Waals surface area contributed by atoms with Crippen LogP contribution in [0.2, 0.25) is 0 Å². The number of primary sulfonamides is 1. The smallest absolute Gasteiger partial charge is 0.212 e. The number of sulfonamides is 1. The van der Waals surface area contributed by atoms with E-state index in [4.69, 9.17) is 5.14 Å². The van der Waals surface area contributed by atoms with Crippen molar-refractivity contribution in [3.63, 3.8) is 0 Å². The van der Waals surface area contributed by atoms with E-state index in [1.165, 1.54) is 0 Å². The minimum absolute atomic E-state index is 0.209. The number of likely N-dealkylation sites (tertiary alicyclic amines) is 1. The van der Waals surface area contributed by atoms with Crippen LogP contribution in [0.15, 0.2) is 0 Å². The second-order valence-electron chi connectivity index (χ2n) is 4.50. The first-order valence-electron chi connectivity index (χ1n) is 5.69. The van der Waals surface area contributed by atoms with Crippen molar-refractivity contribution in [2.24, 2.45) is 11.1 Å². The zero-order valence-corrected chi connectivity index (χ0v) is 10.5. The van der Waals surface area contributed by atoms with Gasteiger partial charge in [0.15, 0.2) is 0 Å². The molecule has 1 saturated heterocycles. The maximum Gasteiger partial charge on any atom is 0.212 e. The maximum atomic E-state index is 11.3. The van der Waals surface area contributed by atoms with Crippen LogP contribution in [0.5, 0.6) is 0 Å². The molecule has 0 spiro atoms. The van der Waals surface area contributed by atoms with E-state index < -0.39 is 15.3 Å². The molecule has 1 fully saturated rings. The summed E-state index contributed by atoms with van der Waals surface area (Å²) in [6.45, 7) is 6.92. The predicted octanol–water partition coefficient (Wildman–Crippen LogP) is 0.785. The highest BCUT2D eigenvalue weighted by atomic mass is 32.2. The van der Waals surface area contributed by atoms with Gasteiger partial charge in [0.25, 0.3) is 0 Å². The van der Waals surface area contributed by atoms with Crippen molar-refractivity contribution in [2.45, 2.75) is 38.4 Å². The van der Waals surface area contributed by atoms with Crippen LogP contribution < -0.4 is 5.14 Å². The van der Waals surface area contributed by atoms with Crippen LogP contribution in [0.25, 0.3) is 0 Å². The SMILES string of the molecule is CCCN1CCCC(C(C)S(N)(=O)=O)C1. The van der Waals surface area contributed by atoms with E-state index in [0.29, 0.717) is 0 Å². The van der Waals surface area contributed by atoms with E-state index >= 15 is 0 Å². The number of nitrogens with two attached hydrogens (primary N) is 1. The third-order valence-electron chi connectivity index (χ3n) is 3.26. The standard InChI is InChI=1S/C10H22N2O2S/c1-3-6-12-7-4-5-10(8-12)9(2)15(11,13)14/h9-10H,3-8H2,1-2H3,(H2,11,13,14).